The van der Waals surface area contributed by atoms with Gasteiger partial charge in [-0.1, -0.05) is 42.5 Å². The summed E-state index contributed by atoms with van der Waals surface area (Å²) in [7, 11) is 0. The van der Waals surface area contributed by atoms with Crippen LogP contribution < -0.4 is 11.1 Å². The van der Waals surface area contributed by atoms with Crippen molar-refractivity contribution < 1.29 is 4.79 Å². The molecular formula is C17H18N2O. The van der Waals surface area contributed by atoms with Crippen molar-refractivity contribution in [2.24, 2.45) is 0 Å². The largest absolute Gasteiger partial charge is 0.399 e. The molecule has 0 radical (unpaired) electrons. The van der Waals surface area contributed by atoms with Gasteiger partial charge in [-0.15, -0.1) is 0 Å². The van der Waals surface area contributed by atoms with Crippen molar-refractivity contribution in [3.63, 3.8) is 0 Å². The van der Waals surface area contributed by atoms with Gasteiger partial charge in [-0.3, -0.25) is 4.79 Å². The second-order valence-corrected chi connectivity index (χ2v) is 4.64. The van der Waals surface area contributed by atoms with Crippen LogP contribution in [-0.4, -0.2) is 5.91 Å². The molecule has 2 aromatic rings. The molecule has 1 unspecified atom stereocenters. The maximum Gasteiger partial charge on any atom is 0.244 e. The minimum Gasteiger partial charge on any atom is -0.399 e. The van der Waals surface area contributed by atoms with Crippen LogP contribution in [0.3, 0.4) is 0 Å². The van der Waals surface area contributed by atoms with Gasteiger partial charge in [0, 0.05) is 11.8 Å². The summed E-state index contributed by atoms with van der Waals surface area (Å²) in [5.41, 5.74) is 8.39. The number of nitrogens with one attached hydrogen (secondary N) is 1. The van der Waals surface area contributed by atoms with Crippen LogP contribution in [0.2, 0.25) is 0 Å². The van der Waals surface area contributed by atoms with Crippen LogP contribution >= 0.6 is 0 Å². The predicted molar refractivity (Wildman–Crippen MR) is 82.9 cm³/mol. The normalized spacial score (nSPS) is 12.2. The van der Waals surface area contributed by atoms with Gasteiger partial charge in [-0.25, -0.2) is 0 Å². The number of nitrogens with two attached hydrogens (primary N) is 1. The Balaban J connectivity index is 1.94. The number of hydrogen-bond donors (Lipinski definition) is 2. The van der Waals surface area contributed by atoms with E-state index in [4.69, 9.17) is 5.73 Å². The Labute approximate surface area is 119 Å². The molecule has 0 aromatic heterocycles. The lowest BCUT2D eigenvalue weighted by Crippen LogP contribution is -2.24. The number of rotatable bonds is 4. The van der Waals surface area contributed by atoms with E-state index in [2.05, 4.69) is 5.32 Å². The van der Waals surface area contributed by atoms with Crippen molar-refractivity contribution >= 4 is 17.7 Å². The Morgan fingerprint density at radius 3 is 2.40 bits per heavy atom. The van der Waals surface area contributed by atoms with E-state index >= 15 is 0 Å². The van der Waals surface area contributed by atoms with Crippen LogP contribution in [0.15, 0.2) is 60.7 Å². The highest BCUT2D eigenvalue weighted by molar-refractivity contribution is 5.91. The van der Waals surface area contributed by atoms with Gasteiger partial charge in [0.2, 0.25) is 5.91 Å². The number of benzene rings is 2. The van der Waals surface area contributed by atoms with Crippen molar-refractivity contribution in [1.29, 1.82) is 0 Å². The zero-order valence-corrected chi connectivity index (χ0v) is 11.4. The molecule has 0 saturated heterocycles. The lowest BCUT2D eigenvalue weighted by Gasteiger charge is -2.13. The molecule has 20 heavy (non-hydrogen) atoms. The Morgan fingerprint density at radius 1 is 1.10 bits per heavy atom. The third-order valence-electron chi connectivity index (χ3n) is 3.02. The average molecular weight is 266 g/mol. The first-order valence-electron chi connectivity index (χ1n) is 6.54. The van der Waals surface area contributed by atoms with Crippen LogP contribution in [0.25, 0.3) is 6.08 Å². The second kappa shape index (κ2) is 6.57. The van der Waals surface area contributed by atoms with Crippen LogP contribution in [0, 0.1) is 0 Å². The van der Waals surface area contributed by atoms with E-state index < -0.39 is 0 Å². The van der Waals surface area contributed by atoms with Crippen molar-refractivity contribution in [1.82, 2.24) is 5.32 Å². The van der Waals surface area contributed by atoms with E-state index in [-0.39, 0.29) is 11.9 Å². The molecule has 3 heteroatoms. The fourth-order valence-electron chi connectivity index (χ4n) is 1.87. The molecule has 0 spiro atoms. The number of carbonyl (C=O) groups excluding carboxylic acids is 1. The monoisotopic (exact) mass is 266 g/mol. The van der Waals surface area contributed by atoms with Crippen molar-refractivity contribution in [2.75, 3.05) is 5.73 Å². The van der Waals surface area contributed by atoms with Gasteiger partial charge in [-0.2, -0.15) is 0 Å². The zero-order valence-electron chi connectivity index (χ0n) is 11.4. The van der Waals surface area contributed by atoms with Crippen molar-refractivity contribution in [3.8, 4) is 0 Å². The first-order valence-corrected chi connectivity index (χ1v) is 6.54. The van der Waals surface area contributed by atoms with Gasteiger partial charge in [0.1, 0.15) is 0 Å². The minimum atomic E-state index is -0.113. The molecule has 0 fully saturated rings. The molecule has 0 aliphatic carbocycles. The maximum absolute atomic E-state index is 11.8. The van der Waals surface area contributed by atoms with Gasteiger partial charge in [0.25, 0.3) is 0 Å². The highest BCUT2D eigenvalue weighted by Crippen LogP contribution is 2.14. The lowest BCUT2D eigenvalue weighted by molar-refractivity contribution is -0.117. The first kappa shape index (κ1) is 13.9. The van der Waals surface area contributed by atoms with E-state index in [1.807, 2.05) is 61.5 Å². The van der Waals surface area contributed by atoms with Crippen molar-refractivity contribution in [2.45, 2.75) is 13.0 Å². The van der Waals surface area contributed by atoms with Gasteiger partial charge in [-0.05, 0) is 36.3 Å². The zero-order chi connectivity index (χ0) is 14.4. The molecule has 0 saturated carbocycles. The fraction of sp³-hybridized carbons (Fsp3) is 0.118. The number of amides is 1. The topological polar surface area (TPSA) is 55.1 Å². The van der Waals surface area contributed by atoms with Crippen LogP contribution in [0.5, 0.6) is 0 Å². The molecular weight excluding hydrogens is 248 g/mol. The van der Waals surface area contributed by atoms with Crippen LogP contribution in [-0.2, 0) is 4.79 Å². The van der Waals surface area contributed by atoms with Gasteiger partial charge in [0.05, 0.1) is 6.04 Å². The Morgan fingerprint density at radius 2 is 1.75 bits per heavy atom. The maximum atomic E-state index is 11.8. The third kappa shape index (κ3) is 3.99. The summed E-state index contributed by atoms with van der Waals surface area (Å²) >= 11 is 0. The number of anilines is 1. The summed E-state index contributed by atoms with van der Waals surface area (Å²) in [5, 5.41) is 2.92. The molecule has 3 N–H and O–H groups in total. The number of carbonyl (C=O) groups is 1. The molecule has 1 amide bonds. The van der Waals surface area contributed by atoms with Gasteiger partial charge in [0.15, 0.2) is 0 Å². The Kier molecular flexibility index (Phi) is 4.56. The number of hydrogen-bond acceptors (Lipinski definition) is 2. The minimum absolute atomic E-state index is 0.0523. The highest BCUT2D eigenvalue weighted by atomic mass is 16.1. The van der Waals surface area contributed by atoms with Crippen LogP contribution in [0.4, 0.5) is 5.69 Å². The van der Waals surface area contributed by atoms with E-state index in [1.165, 1.54) is 0 Å². The average Bonchev–Trinajstić information content (AvgIpc) is 2.47. The fourth-order valence-corrected chi connectivity index (χ4v) is 1.87. The third-order valence-corrected chi connectivity index (χ3v) is 3.02. The summed E-state index contributed by atoms with van der Waals surface area (Å²) in [4.78, 5) is 11.8. The van der Waals surface area contributed by atoms with E-state index in [9.17, 15) is 4.79 Å². The molecule has 0 bridgehead atoms. The summed E-state index contributed by atoms with van der Waals surface area (Å²) in [6.45, 7) is 1.94. The highest BCUT2D eigenvalue weighted by Gasteiger charge is 2.06. The predicted octanol–water partition coefficient (Wildman–Crippen LogP) is 3.16. The molecule has 1 atom stereocenters. The summed E-state index contributed by atoms with van der Waals surface area (Å²) in [6, 6.07) is 17.2. The van der Waals surface area contributed by atoms with Gasteiger partial charge >= 0.3 is 0 Å². The smallest absolute Gasteiger partial charge is 0.244 e. The lowest BCUT2D eigenvalue weighted by atomic mass is 10.1. The van der Waals surface area contributed by atoms with Crippen LogP contribution in [0.1, 0.15) is 24.1 Å². The molecule has 0 heterocycles. The SMILES string of the molecule is CC(NC(=O)/C=C/c1ccccc1)c1ccc(N)cc1. The van der Waals surface area contributed by atoms with E-state index in [0.29, 0.717) is 0 Å². The molecule has 102 valence electrons. The molecule has 0 aliphatic rings. The quantitative estimate of drug-likeness (QED) is 0.659. The summed E-state index contributed by atoms with van der Waals surface area (Å²) in [5.74, 6) is -0.113. The molecule has 3 nitrogen and oxygen atoms in total. The second-order valence-electron chi connectivity index (χ2n) is 4.64. The first-order chi connectivity index (χ1) is 9.65. The molecule has 2 rings (SSSR count). The van der Waals surface area contributed by atoms with Crippen molar-refractivity contribution in [3.05, 3.63) is 71.8 Å². The van der Waals surface area contributed by atoms with Gasteiger partial charge < -0.3 is 11.1 Å². The molecule has 2 aromatic carbocycles. The Bertz CT molecular complexity index is 588. The standard InChI is InChI=1S/C17H18N2O/c1-13(15-8-10-16(18)11-9-15)19-17(20)12-7-14-5-3-2-4-6-14/h2-13H,18H2,1H3,(H,19,20)/b12-7+. The van der Waals surface area contributed by atoms with E-state index in [1.54, 1.807) is 12.2 Å². The Hall–Kier alpha value is -2.55. The summed E-state index contributed by atoms with van der Waals surface area (Å²) < 4.78 is 0. The number of nitrogen functional groups attached to an aromatic ring is 1. The van der Waals surface area contributed by atoms with E-state index in [0.717, 1.165) is 16.8 Å². The molecule has 0 aliphatic heterocycles. The summed E-state index contributed by atoms with van der Waals surface area (Å²) in [6.07, 6.45) is 3.34.